The summed E-state index contributed by atoms with van der Waals surface area (Å²) in [5, 5.41) is 13.3. The minimum Gasteiger partial charge on any atom is -0.479 e. The maximum Gasteiger partial charge on any atom is 0.409 e. The number of carboxylic acids is 1. The minimum absolute atomic E-state index is 0.0784. The van der Waals surface area contributed by atoms with Crippen LogP contribution in [0.1, 0.15) is 39.7 Å². The van der Waals surface area contributed by atoms with Crippen molar-refractivity contribution in [3.63, 3.8) is 0 Å². The molecule has 1 saturated heterocycles. The van der Waals surface area contributed by atoms with E-state index in [1.54, 1.807) is 27.7 Å². The quantitative estimate of drug-likeness (QED) is 0.191. The number of carbonyl (C=O) groups excluding carboxylic acids is 2. The predicted octanol–water partition coefficient (Wildman–Crippen LogP) is 2.76. The van der Waals surface area contributed by atoms with Crippen molar-refractivity contribution in [2.24, 2.45) is 0 Å². The number of carbonyl (C=O) groups is 3. The third-order valence-electron chi connectivity index (χ3n) is 5.60. The van der Waals surface area contributed by atoms with Crippen molar-refractivity contribution in [3.05, 3.63) is 48.6 Å². The van der Waals surface area contributed by atoms with E-state index in [0.717, 1.165) is 5.56 Å². The molecular formula is C26H38N2O8. The lowest BCUT2D eigenvalue weighted by Crippen LogP contribution is -2.69. The normalized spacial score (nSPS) is 17.8. The Morgan fingerprint density at radius 3 is 2.33 bits per heavy atom. The monoisotopic (exact) mass is 506 g/mol. The number of morpholine rings is 1. The summed E-state index contributed by atoms with van der Waals surface area (Å²) in [6, 6.07) is 9.15. The van der Waals surface area contributed by atoms with Crippen LogP contribution in [0.4, 0.5) is 4.79 Å². The van der Waals surface area contributed by atoms with Gasteiger partial charge in [0.2, 0.25) is 5.54 Å². The summed E-state index contributed by atoms with van der Waals surface area (Å²) in [5.41, 5.74) is -3.84. The highest BCUT2D eigenvalue weighted by Crippen LogP contribution is 2.34. The molecule has 0 radical (unpaired) electrons. The molecule has 2 atom stereocenters. The second-order valence-corrected chi connectivity index (χ2v) is 9.55. The summed E-state index contributed by atoms with van der Waals surface area (Å²) in [6.45, 7) is 11.2. The third kappa shape index (κ3) is 7.78. The Hall–Kier alpha value is -2.95. The molecule has 0 aromatic heterocycles. The van der Waals surface area contributed by atoms with Crippen LogP contribution < -0.4 is 5.32 Å². The van der Waals surface area contributed by atoms with E-state index in [9.17, 15) is 19.5 Å². The van der Waals surface area contributed by atoms with E-state index >= 15 is 0 Å². The molecule has 36 heavy (non-hydrogen) atoms. The lowest BCUT2D eigenvalue weighted by molar-refractivity contribution is -0.185. The van der Waals surface area contributed by atoms with Crippen LogP contribution in [-0.4, -0.2) is 84.4 Å². The van der Waals surface area contributed by atoms with E-state index in [2.05, 4.69) is 11.9 Å². The number of rotatable bonds is 12. The van der Waals surface area contributed by atoms with Gasteiger partial charge in [0.15, 0.2) is 5.72 Å². The van der Waals surface area contributed by atoms with E-state index < -0.39 is 41.3 Å². The SMILES string of the molecule is C=CCOC(=O)C(C[C@@](Cc1ccccc1)(NC(=O)OC(C)(C)C)OCC)(C(=O)O)N1CCOCC1. The van der Waals surface area contributed by atoms with Gasteiger partial charge >= 0.3 is 18.0 Å². The number of nitrogens with zero attached hydrogens (tertiary/aromatic N) is 1. The van der Waals surface area contributed by atoms with Crippen molar-refractivity contribution in [1.29, 1.82) is 0 Å². The minimum atomic E-state index is -2.17. The van der Waals surface area contributed by atoms with E-state index in [1.165, 1.54) is 11.0 Å². The van der Waals surface area contributed by atoms with Gasteiger partial charge in [-0.25, -0.2) is 14.4 Å². The Kier molecular flexibility index (Phi) is 10.4. The highest BCUT2D eigenvalue weighted by molar-refractivity contribution is 6.04. The lowest BCUT2D eigenvalue weighted by atomic mass is 9.83. The van der Waals surface area contributed by atoms with E-state index in [1.807, 2.05) is 30.3 Å². The average molecular weight is 507 g/mol. The van der Waals surface area contributed by atoms with Crippen LogP contribution in [0.3, 0.4) is 0 Å². The summed E-state index contributed by atoms with van der Waals surface area (Å²) in [4.78, 5) is 40.9. The number of benzene rings is 1. The lowest BCUT2D eigenvalue weighted by Gasteiger charge is -2.46. The first kappa shape index (κ1) is 29.3. The number of ether oxygens (including phenoxy) is 4. The number of carboxylic acid groups (broad SMARTS) is 1. The standard InChI is InChI=1S/C26H38N2O8/c1-6-15-34-22(31)26(21(29)30,28-13-16-33-17-14-28)19-25(35-7-2,18-20-11-9-8-10-12-20)27-23(32)36-24(3,4)5/h6,8-12H,1,7,13-19H2,2-5H3,(H,27,32)(H,29,30)/t25-,26?/m0/s1. The number of alkyl carbamates (subject to hydrolysis) is 1. The molecule has 10 nitrogen and oxygen atoms in total. The fourth-order valence-electron chi connectivity index (χ4n) is 4.20. The van der Waals surface area contributed by atoms with E-state index in [-0.39, 0.29) is 45.9 Å². The molecule has 2 N–H and O–H groups in total. The van der Waals surface area contributed by atoms with Crippen LogP contribution in [0, 0.1) is 0 Å². The summed E-state index contributed by atoms with van der Waals surface area (Å²) in [6.07, 6.45) is 0.206. The van der Waals surface area contributed by atoms with Crippen LogP contribution in [0.25, 0.3) is 0 Å². The van der Waals surface area contributed by atoms with Crippen molar-refractivity contribution in [3.8, 4) is 0 Å². The average Bonchev–Trinajstić information content (AvgIpc) is 2.81. The van der Waals surface area contributed by atoms with Crippen molar-refractivity contribution >= 4 is 18.0 Å². The molecule has 1 amide bonds. The zero-order chi connectivity index (χ0) is 26.8. The Balaban J connectivity index is 2.63. The molecule has 1 fully saturated rings. The van der Waals surface area contributed by atoms with Crippen LogP contribution in [0.5, 0.6) is 0 Å². The van der Waals surface area contributed by atoms with E-state index in [0.29, 0.717) is 0 Å². The number of aliphatic carboxylic acids is 1. The first-order valence-electron chi connectivity index (χ1n) is 12.0. The summed E-state index contributed by atoms with van der Waals surface area (Å²) in [5.74, 6) is -2.39. The van der Waals surface area contributed by atoms with Gasteiger partial charge in [-0.3, -0.25) is 10.2 Å². The van der Waals surface area contributed by atoms with Crippen molar-refractivity contribution < 1.29 is 38.4 Å². The summed E-state index contributed by atoms with van der Waals surface area (Å²) in [7, 11) is 0. The largest absolute Gasteiger partial charge is 0.479 e. The van der Waals surface area contributed by atoms with Gasteiger partial charge in [-0.15, -0.1) is 0 Å². The number of amides is 1. The molecule has 10 heteroatoms. The Labute approximate surface area is 212 Å². The van der Waals surface area contributed by atoms with Gasteiger partial charge in [0.25, 0.3) is 0 Å². The molecule has 1 aromatic carbocycles. The smallest absolute Gasteiger partial charge is 0.409 e. The van der Waals surface area contributed by atoms with Crippen LogP contribution in [-0.2, 0) is 35.0 Å². The fraction of sp³-hybridized carbons (Fsp3) is 0.577. The zero-order valence-electron chi connectivity index (χ0n) is 21.6. The third-order valence-corrected chi connectivity index (χ3v) is 5.60. The second-order valence-electron chi connectivity index (χ2n) is 9.55. The molecule has 1 aliphatic rings. The molecule has 1 aliphatic heterocycles. The van der Waals surface area contributed by atoms with Gasteiger partial charge in [-0.1, -0.05) is 43.0 Å². The zero-order valence-corrected chi connectivity index (χ0v) is 21.6. The van der Waals surface area contributed by atoms with Crippen molar-refractivity contribution in [1.82, 2.24) is 10.2 Å². The van der Waals surface area contributed by atoms with Gasteiger partial charge in [-0.2, -0.15) is 0 Å². The molecule has 0 spiro atoms. The molecule has 1 unspecified atom stereocenters. The molecule has 200 valence electrons. The maximum absolute atomic E-state index is 13.5. The van der Waals surface area contributed by atoms with Gasteiger partial charge in [-0.05, 0) is 33.3 Å². The second kappa shape index (κ2) is 12.8. The van der Waals surface area contributed by atoms with Gasteiger partial charge in [0, 0.05) is 32.5 Å². The highest BCUT2D eigenvalue weighted by atomic mass is 16.6. The van der Waals surface area contributed by atoms with E-state index in [4.69, 9.17) is 18.9 Å². The summed E-state index contributed by atoms with van der Waals surface area (Å²) >= 11 is 0. The Bertz CT molecular complexity index is 895. The molecule has 1 heterocycles. The maximum atomic E-state index is 13.5. The number of hydrogen-bond acceptors (Lipinski definition) is 8. The molecular weight excluding hydrogens is 468 g/mol. The highest BCUT2D eigenvalue weighted by Gasteiger charge is 2.58. The summed E-state index contributed by atoms with van der Waals surface area (Å²) < 4.78 is 22.3. The van der Waals surface area contributed by atoms with Crippen LogP contribution in [0.15, 0.2) is 43.0 Å². The number of hydrogen-bond donors (Lipinski definition) is 2. The van der Waals surface area contributed by atoms with Gasteiger partial charge < -0.3 is 24.1 Å². The first-order valence-corrected chi connectivity index (χ1v) is 12.0. The first-order chi connectivity index (χ1) is 17.0. The molecule has 0 bridgehead atoms. The van der Waals surface area contributed by atoms with Gasteiger partial charge in [0.1, 0.15) is 12.2 Å². The predicted molar refractivity (Wildman–Crippen MR) is 132 cm³/mol. The number of esters is 1. The topological polar surface area (TPSA) is 124 Å². The van der Waals surface area contributed by atoms with Crippen molar-refractivity contribution in [2.45, 2.75) is 57.4 Å². The molecule has 2 rings (SSSR count). The molecule has 1 aromatic rings. The molecule has 0 aliphatic carbocycles. The number of nitrogens with one attached hydrogen (secondary N) is 1. The Morgan fingerprint density at radius 2 is 1.81 bits per heavy atom. The van der Waals surface area contributed by atoms with Crippen molar-refractivity contribution in [2.75, 3.05) is 39.5 Å². The Morgan fingerprint density at radius 1 is 1.17 bits per heavy atom. The van der Waals surface area contributed by atoms with Gasteiger partial charge in [0.05, 0.1) is 13.2 Å². The van der Waals surface area contributed by atoms with Crippen LogP contribution in [0.2, 0.25) is 0 Å². The van der Waals surface area contributed by atoms with Crippen LogP contribution >= 0.6 is 0 Å². The molecule has 0 saturated carbocycles. The fourth-order valence-corrected chi connectivity index (χ4v) is 4.20.